The van der Waals surface area contributed by atoms with Gasteiger partial charge in [-0.3, -0.25) is 4.90 Å². The van der Waals surface area contributed by atoms with Crippen LogP contribution in [-0.2, 0) is 9.84 Å². The van der Waals surface area contributed by atoms with Crippen LogP contribution >= 0.6 is 0 Å². The molecule has 0 aromatic carbocycles. The van der Waals surface area contributed by atoms with Crippen LogP contribution in [0.1, 0.15) is 47.0 Å². The molecule has 0 aliphatic carbocycles. The molecule has 1 atom stereocenters. The molecular weight excluding hydrogens is 272 g/mol. The van der Waals surface area contributed by atoms with Gasteiger partial charge in [0.1, 0.15) is 0 Å². The van der Waals surface area contributed by atoms with Crippen LogP contribution in [0.5, 0.6) is 0 Å². The number of rotatable bonds is 7. The summed E-state index contributed by atoms with van der Waals surface area (Å²) in [5.74, 6) is 1.73. The van der Waals surface area contributed by atoms with E-state index in [0.717, 1.165) is 19.3 Å². The number of sulfone groups is 1. The predicted molar refractivity (Wildman–Crippen MR) is 85.5 cm³/mol. The lowest BCUT2D eigenvalue weighted by atomic mass is 9.79. The third-order valence-corrected chi connectivity index (χ3v) is 6.21. The van der Waals surface area contributed by atoms with Gasteiger partial charge >= 0.3 is 0 Å². The van der Waals surface area contributed by atoms with Crippen LogP contribution in [0.4, 0.5) is 0 Å². The van der Waals surface area contributed by atoms with E-state index in [4.69, 9.17) is 5.73 Å². The van der Waals surface area contributed by atoms with E-state index in [-0.39, 0.29) is 11.6 Å². The van der Waals surface area contributed by atoms with Crippen molar-refractivity contribution < 1.29 is 8.42 Å². The van der Waals surface area contributed by atoms with E-state index in [1.807, 2.05) is 0 Å². The first-order valence-corrected chi connectivity index (χ1v) is 9.57. The second-order valence-corrected chi connectivity index (χ2v) is 9.52. The van der Waals surface area contributed by atoms with Crippen molar-refractivity contribution in [1.29, 1.82) is 0 Å². The van der Waals surface area contributed by atoms with Crippen LogP contribution < -0.4 is 5.73 Å². The summed E-state index contributed by atoms with van der Waals surface area (Å²) < 4.78 is 23.5. The molecule has 5 heteroatoms. The van der Waals surface area contributed by atoms with Gasteiger partial charge in [0.15, 0.2) is 9.84 Å². The first kappa shape index (κ1) is 17.9. The number of likely N-dealkylation sites (N-methyl/N-ethyl adjacent to an activating group) is 1. The van der Waals surface area contributed by atoms with E-state index in [9.17, 15) is 8.42 Å². The van der Waals surface area contributed by atoms with E-state index < -0.39 is 9.84 Å². The fourth-order valence-electron chi connectivity index (χ4n) is 3.67. The molecule has 20 heavy (non-hydrogen) atoms. The molecule has 0 aromatic heterocycles. The Morgan fingerprint density at radius 1 is 1.20 bits per heavy atom. The molecule has 4 nitrogen and oxygen atoms in total. The fourth-order valence-corrected chi connectivity index (χ4v) is 5.44. The van der Waals surface area contributed by atoms with Gasteiger partial charge in [0, 0.05) is 18.1 Å². The van der Waals surface area contributed by atoms with E-state index in [0.29, 0.717) is 29.9 Å². The first-order valence-electron chi connectivity index (χ1n) is 7.75. The van der Waals surface area contributed by atoms with Crippen LogP contribution in [0, 0.1) is 11.8 Å². The smallest absolute Gasteiger partial charge is 0.151 e. The Labute approximate surface area is 125 Å². The highest BCUT2D eigenvalue weighted by Crippen LogP contribution is 2.33. The minimum Gasteiger partial charge on any atom is -0.329 e. The number of hydrogen-bond donors (Lipinski definition) is 1. The summed E-state index contributed by atoms with van der Waals surface area (Å²) >= 11 is 0. The standard InChI is InChI=1S/C15H32N2O2S/c1-12(2)8-15(11-16,9-13(3)4)17(5)14-6-7-20(18,19)10-14/h12-14H,6-11,16H2,1-5H3. The molecule has 1 aliphatic rings. The fraction of sp³-hybridized carbons (Fsp3) is 1.00. The zero-order chi connectivity index (χ0) is 15.6. The average Bonchev–Trinajstić information content (AvgIpc) is 2.66. The number of nitrogens with two attached hydrogens (primary N) is 1. The quantitative estimate of drug-likeness (QED) is 0.780. The van der Waals surface area contributed by atoms with Crippen molar-refractivity contribution in [1.82, 2.24) is 4.90 Å². The van der Waals surface area contributed by atoms with Gasteiger partial charge in [-0.05, 0) is 38.1 Å². The maximum atomic E-state index is 11.7. The Morgan fingerprint density at radius 3 is 2.00 bits per heavy atom. The highest BCUT2D eigenvalue weighted by molar-refractivity contribution is 7.91. The van der Waals surface area contributed by atoms with Crippen molar-refractivity contribution >= 4 is 9.84 Å². The lowest BCUT2D eigenvalue weighted by Crippen LogP contribution is -2.57. The normalized spacial score (nSPS) is 23.1. The van der Waals surface area contributed by atoms with Crippen molar-refractivity contribution in [3.8, 4) is 0 Å². The van der Waals surface area contributed by atoms with Crippen LogP contribution in [0.3, 0.4) is 0 Å². The average molecular weight is 305 g/mol. The van der Waals surface area contributed by atoms with Crippen molar-refractivity contribution in [2.75, 3.05) is 25.1 Å². The van der Waals surface area contributed by atoms with Gasteiger partial charge in [0.2, 0.25) is 0 Å². The Balaban J connectivity index is 2.96. The van der Waals surface area contributed by atoms with Gasteiger partial charge < -0.3 is 5.73 Å². The molecular formula is C15H32N2O2S. The molecule has 1 heterocycles. The SMILES string of the molecule is CC(C)CC(CN)(CC(C)C)N(C)C1CCS(=O)(=O)C1. The topological polar surface area (TPSA) is 63.4 Å². The van der Waals surface area contributed by atoms with Crippen LogP contribution in [0.15, 0.2) is 0 Å². The van der Waals surface area contributed by atoms with Crippen LogP contribution in [-0.4, -0.2) is 50.0 Å². The highest BCUT2D eigenvalue weighted by Gasteiger charge is 2.41. The molecule has 0 amide bonds. The zero-order valence-electron chi connectivity index (χ0n) is 13.7. The Kier molecular flexibility index (Phi) is 6.05. The molecule has 1 saturated heterocycles. The summed E-state index contributed by atoms with van der Waals surface area (Å²) in [5.41, 5.74) is 6.07. The molecule has 120 valence electrons. The Morgan fingerprint density at radius 2 is 1.70 bits per heavy atom. The van der Waals surface area contributed by atoms with Crippen LogP contribution in [0.2, 0.25) is 0 Å². The third kappa shape index (κ3) is 4.43. The Hall–Kier alpha value is -0.130. The number of nitrogens with zero attached hydrogens (tertiary/aromatic N) is 1. The maximum absolute atomic E-state index is 11.7. The van der Waals surface area contributed by atoms with Gasteiger partial charge in [-0.15, -0.1) is 0 Å². The highest BCUT2D eigenvalue weighted by atomic mass is 32.2. The first-order chi connectivity index (χ1) is 9.12. The summed E-state index contributed by atoms with van der Waals surface area (Å²) in [6.45, 7) is 9.44. The van der Waals surface area contributed by atoms with E-state index in [1.165, 1.54) is 0 Å². The molecule has 0 spiro atoms. The van der Waals surface area contributed by atoms with Gasteiger partial charge in [0.05, 0.1) is 11.5 Å². The molecule has 1 rings (SSSR count). The van der Waals surface area contributed by atoms with E-state index in [1.54, 1.807) is 0 Å². The number of hydrogen-bond acceptors (Lipinski definition) is 4. The lowest BCUT2D eigenvalue weighted by molar-refractivity contribution is 0.0483. The van der Waals surface area contributed by atoms with Crippen LogP contribution in [0.25, 0.3) is 0 Å². The van der Waals surface area contributed by atoms with Gasteiger partial charge in [-0.25, -0.2) is 8.42 Å². The summed E-state index contributed by atoms with van der Waals surface area (Å²) in [4.78, 5) is 2.29. The predicted octanol–water partition coefficient (Wildman–Crippen LogP) is 1.90. The van der Waals surface area contributed by atoms with Crippen molar-refractivity contribution in [3.63, 3.8) is 0 Å². The minimum absolute atomic E-state index is 0.0765. The Bertz CT molecular complexity index is 394. The summed E-state index contributed by atoms with van der Waals surface area (Å²) in [6.07, 6.45) is 2.79. The minimum atomic E-state index is -2.85. The molecule has 2 N–H and O–H groups in total. The van der Waals surface area contributed by atoms with Gasteiger partial charge in [-0.2, -0.15) is 0 Å². The molecule has 0 radical (unpaired) electrons. The third-order valence-electron chi connectivity index (χ3n) is 4.46. The zero-order valence-corrected chi connectivity index (χ0v) is 14.5. The maximum Gasteiger partial charge on any atom is 0.151 e. The van der Waals surface area contributed by atoms with E-state index >= 15 is 0 Å². The molecule has 0 bridgehead atoms. The van der Waals surface area contributed by atoms with Gasteiger partial charge in [-0.1, -0.05) is 27.7 Å². The molecule has 1 fully saturated rings. The largest absolute Gasteiger partial charge is 0.329 e. The molecule has 0 saturated carbocycles. The second-order valence-electron chi connectivity index (χ2n) is 7.29. The molecule has 0 aromatic rings. The monoisotopic (exact) mass is 304 g/mol. The lowest BCUT2D eigenvalue weighted by Gasteiger charge is -2.46. The van der Waals surface area contributed by atoms with Gasteiger partial charge in [0.25, 0.3) is 0 Å². The molecule has 1 unspecified atom stereocenters. The summed E-state index contributed by atoms with van der Waals surface area (Å²) in [6, 6.07) is 0.126. The summed E-state index contributed by atoms with van der Waals surface area (Å²) in [7, 11) is -0.776. The summed E-state index contributed by atoms with van der Waals surface area (Å²) in [5, 5.41) is 0. The molecule has 1 aliphatic heterocycles. The van der Waals surface area contributed by atoms with Crippen molar-refractivity contribution in [2.45, 2.75) is 58.5 Å². The van der Waals surface area contributed by atoms with E-state index in [2.05, 4.69) is 39.6 Å². The van der Waals surface area contributed by atoms with Crippen molar-refractivity contribution in [2.24, 2.45) is 17.6 Å². The second kappa shape index (κ2) is 6.75. The van der Waals surface area contributed by atoms with Crippen molar-refractivity contribution in [3.05, 3.63) is 0 Å².